The lowest BCUT2D eigenvalue weighted by Gasteiger charge is -2.33. The second kappa shape index (κ2) is 7.59. The fourth-order valence-electron chi connectivity index (χ4n) is 2.97. The lowest BCUT2D eigenvalue weighted by molar-refractivity contribution is 0.115. The molecule has 3 nitrogen and oxygen atoms in total. The Morgan fingerprint density at radius 1 is 1.43 bits per heavy atom. The van der Waals surface area contributed by atoms with Crippen molar-refractivity contribution in [1.29, 1.82) is 0 Å². The number of hydrogen-bond acceptors (Lipinski definition) is 3. The third-order valence-corrected chi connectivity index (χ3v) is 4.25. The summed E-state index contributed by atoms with van der Waals surface area (Å²) in [5.74, 6) is 0. The maximum Gasteiger partial charge on any atom is 0.0547 e. The number of halogens is 1. The van der Waals surface area contributed by atoms with Gasteiger partial charge in [-0.1, -0.05) is 37.6 Å². The van der Waals surface area contributed by atoms with Gasteiger partial charge in [0, 0.05) is 42.7 Å². The molecule has 1 heterocycles. The molecule has 0 aliphatic carbocycles. The van der Waals surface area contributed by atoms with Crippen LogP contribution in [-0.2, 0) is 11.3 Å². The predicted molar refractivity (Wildman–Crippen MR) is 88.8 cm³/mol. The Labute approximate surface area is 133 Å². The minimum Gasteiger partial charge on any atom is -0.381 e. The van der Waals surface area contributed by atoms with Crippen molar-refractivity contribution in [3.05, 3.63) is 34.9 Å². The van der Waals surface area contributed by atoms with E-state index in [4.69, 9.17) is 16.3 Å². The van der Waals surface area contributed by atoms with E-state index in [0.29, 0.717) is 6.04 Å². The zero-order chi connectivity index (χ0) is 15.3. The van der Waals surface area contributed by atoms with Crippen LogP contribution in [0.3, 0.4) is 0 Å². The third-order valence-electron chi connectivity index (χ3n) is 4.02. The highest BCUT2D eigenvalue weighted by Gasteiger charge is 2.35. The van der Waals surface area contributed by atoms with Gasteiger partial charge >= 0.3 is 0 Å². The summed E-state index contributed by atoms with van der Waals surface area (Å²) < 4.78 is 5.68. The smallest absolute Gasteiger partial charge is 0.0547 e. The number of benzene rings is 1. The van der Waals surface area contributed by atoms with Gasteiger partial charge in [-0.15, -0.1) is 0 Å². The molecule has 21 heavy (non-hydrogen) atoms. The average molecular weight is 311 g/mol. The Kier molecular flexibility index (Phi) is 6.06. The maximum atomic E-state index is 6.06. The van der Waals surface area contributed by atoms with Crippen LogP contribution in [0.4, 0.5) is 0 Å². The molecule has 1 aliphatic rings. The van der Waals surface area contributed by atoms with Crippen LogP contribution in [0.5, 0.6) is 0 Å². The molecular formula is C17H27ClN2O. The topological polar surface area (TPSA) is 24.5 Å². The van der Waals surface area contributed by atoms with Gasteiger partial charge in [0.2, 0.25) is 0 Å². The molecule has 1 atom stereocenters. The summed E-state index contributed by atoms with van der Waals surface area (Å²) >= 11 is 6.06. The lowest BCUT2D eigenvalue weighted by atomic mass is 9.86. The fourth-order valence-corrected chi connectivity index (χ4v) is 3.18. The van der Waals surface area contributed by atoms with Crippen LogP contribution in [0.2, 0.25) is 5.02 Å². The van der Waals surface area contributed by atoms with Crippen LogP contribution >= 0.6 is 11.6 Å². The van der Waals surface area contributed by atoms with Gasteiger partial charge in [0.25, 0.3) is 0 Å². The van der Waals surface area contributed by atoms with E-state index in [-0.39, 0.29) is 5.41 Å². The molecule has 2 rings (SSSR count). The van der Waals surface area contributed by atoms with Crippen molar-refractivity contribution < 1.29 is 4.74 Å². The Morgan fingerprint density at radius 2 is 2.24 bits per heavy atom. The molecule has 118 valence electrons. The second-order valence-corrected chi connectivity index (χ2v) is 7.08. The van der Waals surface area contributed by atoms with Gasteiger partial charge in [-0.25, -0.2) is 0 Å². The first-order chi connectivity index (χ1) is 9.99. The summed E-state index contributed by atoms with van der Waals surface area (Å²) in [6.45, 7) is 9.10. The number of ether oxygens (including phenoxy) is 1. The summed E-state index contributed by atoms with van der Waals surface area (Å²) in [6.07, 6.45) is 1.13. The first-order valence-corrected chi connectivity index (χ1v) is 8.11. The Morgan fingerprint density at radius 3 is 2.86 bits per heavy atom. The van der Waals surface area contributed by atoms with Gasteiger partial charge in [-0.3, -0.25) is 0 Å². The van der Waals surface area contributed by atoms with E-state index in [1.807, 2.05) is 18.2 Å². The van der Waals surface area contributed by atoms with Gasteiger partial charge in [-0.2, -0.15) is 0 Å². The van der Waals surface area contributed by atoms with Gasteiger partial charge < -0.3 is 15.0 Å². The van der Waals surface area contributed by atoms with E-state index in [9.17, 15) is 0 Å². The van der Waals surface area contributed by atoms with Crippen LogP contribution in [0.15, 0.2) is 24.3 Å². The molecule has 0 bridgehead atoms. The summed E-state index contributed by atoms with van der Waals surface area (Å²) in [4.78, 5) is 2.38. The predicted octanol–water partition coefficient (Wildman–Crippen LogP) is 3.18. The zero-order valence-electron chi connectivity index (χ0n) is 13.4. The fraction of sp³-hybridized carbons (Fsp3) is 0.647. The number of nitrogens with zero attached hydrogens (tertiary/aromatic N) is 1. The number of nitrogens with one attached hydrogen (secondary N) is 1. The van der Waals surface area contributed by atoms with Crippen molar-refractivity contribution in [1.82, 2.24) is 10.2 Å². The standard InChI is InChI=1S/C17H27ClN2O/c1-14(2)19-11-17(7-8-21-13-17)12-20(3)10-15-5-4-6-16(18)9-15/h4-6,9,14,19H,7-8,10-13H2,1-3H3. The minimum atomic E-state index is 0.234. The minimum absolute atomic E-state index is 0.234. The van der Waals surface area contributed by atoms with Crippen molar-refractivity contribution in [2.75, 3.05) is 33.4 Å². The highest BCUT2D eigenvalue weighted by Crippen LogP contribution is 2.29. The highest BCUT2D eigenvalue weighted by atomic mass is 35.5. The van der Waals surface area contributed by atoms with E-state index in [1.165, 1.54) is 5.56 Å². The Balaban J connectivity index is 1.93. The van der Waals surface area contributed by atoms with Crippen LogP contribution in [0.1, 0.15) is 25.8 Å². The first kappa shape index (κ1) is 16.8. The normalized spacial score (nSPS) is 22.4. The SMILES string of the molecule is CC(C)NCC1(CN(C)Cc2cccc(Cl)c2)CCOC1. The lowest BCUT2D eigenvalue weighted by Crippen LogP contribution is -2.45. The second-order valence-electron chi connectivity index (χ2n) is 6.64. The summed E-state index contributed by atoms with van der Waals surface area (Å²) in [5, 5.41) is 4.39. The molecule has 1 unspecified atom stereocenters. The average Bonchev–Trinajstić information content (AvgIpc) is 2.85. The number of hydrogen-bond donors (Lipinski definition) is 1. The van der Waals surface area contributed by atoms with E-state index >= 15 is 0 Å². The van der Waals surface area contributed by atoms with E-state index in [1.54, 1.807) is 0 Å². The molecule has 0 amide bonds. The monoisotopic (exact) mass is 310 g/mol. The van der Waals surface area contributed by atoms with Crippen molar-refractivity contribution in [3.8, 4) is 0 Å². The molecule has 0 spiro atoms. The Hall–Kier alpha value is -0.610. The summed E-state index contributed by atoms with van der Waals surface area (Å²) in [5.41, 5.74) is 1.49. The summed E-state index contributed by atoms with van der Waals surface area (Å²) in [6, 6.07) is 8.62. The molecule has 1 aromatic carbocycles. The van der Waals surface area contributed by atoms with Crippen LogP contribution < -0.4 is 5.32 Å². The summed E-state index contributed by atoms with van der Waals surface area (Å²) in [7, 11) is 2.18. The zero-order valence-corrected chi connectivity index (χ0v) is 14.1. The molecule has 0 saturated carbocycles. The molecule has 1 aromatic rings. The van der Waals surface area contributed by atoms with Crippen LogP contribution in [0, 0.1) is 5.41 Å². The number of rotatable bonds is 7. The molecule has 0 aromatic heterocycles. The maximum absolute atomic E-state index is 6.06. The quantitative estimate of drug-likeness (QED) is 0.837. The molecule has 1 N–H and O–H groups in total. The van der Waals surface area contributed by atoms with E-state index in [2.05, 4.69) is 37.2 Å². The molecule has 0 radical (unpaired) electrons. The molecule has 1 aliphatic heterocycles. The molecule has 4 heteroatoms. The van der Waals surface area contributed by atoms with Crippen LogP contribution in [-0.4, -0.2) is 44.3 Å². The molecular weight excluding hydrogens is 284 g/mol. The van der Waals surface area contributed by atoms with E-state index < -0.39 is 0 Å². The molecule has 1 saturated heterocycles. The van der Waals surface area contributed by atoms with Crippen molar-refractivity contribution in [3.63, 3.8) is 0 Å². The van der Waals surface area contributed by atoms with Gasteiger partial charge in [0.05, 0.1) is 6.61 Å². The van der Waals surface area contributed by atoms with Gasteiger partial charge in [-0.05, 0) is 31.2 Å². The van der Waals surface area contributed by atoms with Crippen molar-refractivity contribution in [2.24, 2.45) is 5.41 Å². The third kappa shape index (κ3) is 5.26. The van der Waals surface area contributed by atoms with Crippen LogP contribution in [0.25, 0.3) is 0 Å². The van der Waals surface area contributed by atoms with Crippen molar-refractivity contribution >= 4 is 11.6 Å². The highest BCUT2D eigenvalue weighted by molar-refractivity contribution is 6.30. The Bertz CT molecular complexity index is 444. The van der Waals surface area contributed by atoms with Gasteiger partial charge in [0.15, 0.2) is 0 Å². The molecule has 1 fully saturated rings. The van der Waals surface area contributed by atoms with E-state index in [0.717, 1.165) is 44.3 Å². The van der Waals surface area contributed by atoms with Gasteiger partial charge in [0.1, 0.15) is 0 Å². The largest absolute Gasteiger partial charge is 0.381 e. The van der Waals surface area contributed by atoms with Crippen molar-refractivity contribution in [2.45, 2.75) is 32.9 Å². The first-order valence-electron chi connectivity index (χ1n) is 7.73.